The molecule has 2 amide bonds. The van der Waals surface area contributed by atoms with Gasteiger partial charge >= 0.3 is 5.97 Å². The number of esters is 1. The van der Waals surface area contributed by atoms with E-state index in [1.165, 1.54) is 41.4 Å². The quantitative estimate of drug-likeness (QED) is 0.215. The number of nitro groups is 1. The van der Waals surface area contributed by atoms with Crippen molar-refractivity contribution < 1.29 is 28.6 Å². The van der Waals surface area contributed by atoms with E-state index in [1.54, 1.807) is 13.8 Å². The first kappa shape index (κ1) is 21.0. The molecule has 0 aromatic heterocycles. The van der Waals surface area contributed by atoms with Crippen molar-refractivity contribution in [3.63, 3.8) is 0 Å². The van der Waals surface area contributed by atoms with Gasteiger partial charge in [-0.25, -0.2) is 4.79 Å². The van der Waals surface area contributed by atoms with Crippen molar-refractivity contribution in [2.24, 2.45) is 4.99 Å². The highest BCUT2D eigenvalue weighted by atomic mass is 32.2. The lowest BCUT2D eigenvalue weighted by Gasteiger charge is -2.41. The first-order valence-electron chi connectivity index (χ1n) is 9.31. The monoisotopic (exact) mass is 446 g/mol. The topological polar surface area (TPSA) is 154 Å². The summed E-state index contributed by atoms with van der Waals surface area (Å²) in [4.78, 5) is 52.7. The Bertz CT molecular complexity index is 1040. The Labute approximate surface area is 179 Å². The number of ether oxygens (including phenoxy) is 1. The van der Waals surface area contributed by atoms with Crippen LogP contribution in [0.3, 0.4) is 0 Å². The second-order valence-electron chi connectivity index (χ2n) is 7.75. The number of aliphatic imine (C=N–C) groups is 1. The number of amides is 2. The number of rotatable bonds is 6. The highest BCUT2D eigenvalue weighted by Crippen LogP contribution is 2.46. The predicted molar refractivity (Wildman–Crippen MR) is 108 cm³/mol. The first-order chi connectivity index (χ1) is 14.6. The summed E-state index contributed by atoms with van der Waals surface area (Å²) in [5.74, 6) is -1.79. The Morgan fingerprint density at radius 1 is 1.32 bits per heavy atom. The molecule has 162 valence electrons. The fraction of sp³-hybridized carbons (Fsp3) is 0.368. The Hall–Kier alpha value is -3.25. The van der Waals surface area contributed by atoms with Crippen molar-refractivity contribution >= 4 is 40.4 Å². The number of benzene rings is 1. The second kappa shape index (κ2) is 7.46. The molecule has 4 atom stereocenters. The zero-order valence-corrected chi connectivity index (χ0v) is 17.3. The van der Waals surface area contributed by atoms with Gasteiger partial charge in [-0.05, 0) is 48.8 Å². The number of hydrogen-bond acceptors (Lipinski definition) is 8. The number of carbonyl (C=O) groups is 3. The van der Waals surface area contributed by atoms with Crippen LogP contribution in [0.4, 0.5) is 5.69 Å². The third kappa shape index (κ3) is 3.37. The molecule has 1 aromatic rings. The summed E-state index contributed by atoms with van der Waals surface area (Å²) >= 11 is -1.64. The van der Waals surface area contributed by atoms with Crippen LogP contribution in [-0.2, 0) is 36.9 Å². The summed E-state index contributed by atoms with van der Waals surface area (Å²) < 4.78 is 17.2. The normalized spacial score (nSPS) is 27.5. The minimum atomic E-state index is -1.64. The van der Waals surface area contributed by atoms with Crippen molar-refractivity contribution in [3.05, 3.63) is 52.2 Å². The van der Waals surface area contributed by atoms with Gasteiger partial charge in [-0.15, -0.1) is 0 Å². The molecule has 11 nitrogen and oxygen atoms in total. The minimum absolute atomic E-state index is 0.0899. The number of nitro benzene ring substituents is 1. The second-order valence-corrected chi connectivity index (χ2v) is 9.88. The van der Waals surface area contributed by atoms with Crippen LogP contribution in [-0.4, -0.2) is 60.1 Å². The third-order valence-corrected chi connectivity index (χ3v) is 7.67. The largest absolute Gasteiger partial charge is 0.614 e. The van der Waals surface area contributed by atoms with E-state index in [2.05, 4.69) is 10.3 Å². The predicted octanol–water partition coefficient (Wildman–Crippen LogP) is 0.169. The van der Waals surface area contributed by atoms with E-state index in [1.807, 2.05) is 0 Å². The van der Waals surface area contributed by atoms with Crippen LogP contribution in [0.1, 0.15) is 19.4 Å². The first-order valence-corrected chi connectivity index (χ1v) is 10.5. The molecule has 1 aromatic carbocycles. The molecule has 4 rings (SSSR count). The molecule has 3 heterocycles. The molecule has 0 aliphatic carbocycles. The molecule has 3 aliphatic heterocycles. The molecule has 31 heavy (non-hydrogen) atoms. The van der Waals surface area contributed by atoms with Gasteiger partial charge in [0.05, 0.1) is 4.92 Å². The van der Waals surface area contributed by atoms with Crippen molar-refractivity contribution in [3.8, 4) is 0 Å². The maximum Gasteiger partial charge on any atom is 0.334 e. The fourth-order valence-corrected chi connectivity index (χ4v) is 5.64. The van der Waals surface area contributed by atoms with Crippen LogP contribution in [0.5, 0.6) is 0 Å². The number of nitrogens with zero attached hydrogens (tertiary/aromatic N) is 3. The van der Waals surface area contributed by atoms with E-state index in [4.69, 9.17) is 4.74 Å². The van der Waals surface area contributed by atoms with Gasteiger partial charge in [-0.3, -0.25) is 29.6 Å². The van der Waals surface area contributed by atoms with Crippen molar-refractivity contribution in [2.75, 3.05) is 0 Å². The van der Waals surface area contributed by atoms with Gasteiger partial charge in [0.15, 0.2) is 16.8 Å². The Morgan fingerprint density at radius 3 is 2.52 bits per heavy atom. The lowest BCUT2D eigenvalue weighted by atomic mass is 9.96. The number of non-ortho nitro benzene ring substituents is 1. The molecule has 0 bridgehead atoms. The smallest absolute Gasteiger partial charge is 0.334 e. The number of β-lactam (4-membered cyclic amide) rings is 1. The molecule has 2 saturated heterocycles. The highest BCUT2D eigenvalue weighted by molar-refractivity contribution is 7.94. The number of hydrogen-bond donors (Lipinski definition) is 1. The molecule has 12 heteroatoms. The van der Waals surface area contributed by atoms with Gasteiger partial charge in [0.25, 0.3) is 17.5 Å². The van der Waals surface area contributed by atoms with Crippen LogP contribution >= 0.6 is 0 Å². The molecule has 0 saturated carbocycles. The van der Waals surface area contributed by atoms with Crippen LogP contribution < -0.4 is 5.32 Å². The average molecular weight is 446 g/mol. The van der Waals surface area contributed by atoms with E-state index in [0.717, 1.165) is 0 Å². The van der Waals surface area contributed by atoms with E-state index in [9.17, 15) is 29.1 Å². The zero-order valence-electron chi connectivity index (χ0n) is 16.5. The lowest BCUT2D eigenvalue weighted by molar-refractivity contribution is -0.384. The van der Waals surface area contributed by atoms with Crippen LogP contribution in [0.2, 0.25) is 0 Å². The van der Waals surface area contributed by atoms with Gasteiger partial charge < -0.3 is 14.6 Å². The number of nitrogens with one attached hydrogen (secondary N) is 1. The highest BCUT2D eigenvalue weighted by Gasteiger charge is 2.73. The van der Waals surface area contributed by atoms with Gasteiger partial charge in [-0.2, -0.15) is 0 Å². The molecular weight excluding hydrogens is 428 g/mol. The molecular formula is C19H18N4O7S. The summed E-state index contributed by atoms with van der Waals surface area (Å²) in [7, 11) is 0. The van der Waals surface area contributed by atoms with Gasteiger partial charge in [0, 0.05) is 18.3 Å². The van der Waals surface area contributed by atoms with E-state index in [0.29, 0.717) is 5.56 Å². The summed E-state index contributed by atoms with van der Waals surface area (Å²) in [6.45, 7) is 3.04. The standard InChI is InChI=1S/C19H18N4O7S/c1-19(2)14(18(26)30-9-10-3-5-11(6-4-10)23(27)28)22-16(25)13(17(22)31(19)29)21-15(24)12-7-8-20-12/h3-8,13-14,17H,9H2,1-2H3,(H,21,24)/t13?,14?,17-,31?/m0/s1. The Balaban J connectivity index is 1.44. The zero-order chi connectivity index (χ0) is 22.5. The van der Waals surface area contributed by atoms with Crippen molar-refractivity contribution in [1.29, 1.82) is 0 Å². The number of carbonyl (C=O) groups excluding carboxylic acids is 3. The Kier molecular flexibility index (Phi) is 5.06. The summed E-state index contributed by atoms with van der Waals surface area (Å²) in [5.41, 5.74) is 0.614. The minimum Gasteiger partial charge on any atom is -0.614 e. The summed E-state index contributed by atoms with van der Waals surface area (Å²) in [6, 6.07) is 3.42. The van der Waals surface area contributed by atoms with Gasteiger partial charge in [-0.1, -0.05) is 0 Å². The number of fused-ring (bicyclic) bond motifs is 1. The fourth-order valence-electron chi connectivity index (χ4n) is 3.72. The van der Waals surface area contributed by atoms with Crippen LogP contribution in [0.15, 0.2) is 41.5 Å². The molecule has 1 N–H and O–H groups in total. The van der Waals surface area contributed by atoms with E-state index >= 15 is 0 Å². The van der Waals surface area contributed by atoms with Crippen LogP contribution in [0.25, 0.3) is 0 Å². The van der Waals surface area contributed by atoms with Crippen molar-refractivity contribution in [1.82, 2.24) is 10.2 Å². The van der Waals surface area contributed by atoms with Crippen molar-refractivity contribution in [2.45, 2.75) is 42.7 Å². The lowest BCUT2D eigenvalue weighted by Crippen LogP contribution is -2.72. The summed E-state index contributed by atoms with van der Waals surface area (Å²) in [5, 5.41) is 12.4. The molecule has 2 fully saturated rings. The maximum absolute atomic E-state index is 13.0. The van der Waals surface area contributed by atoms with E-state index < -0.39 is 56.1 Å². The molecule has 3 unspecified atom stereocenters. The SMILES string of the molecule is CC1(C)C(C(=O)OCc2ccc([N+](=O)[O-])cc2)N2C(=O)C(NC(=O)C3=NC=C3)[C@@H]2[S+]1[O-]. The van der Waals surface area contributed by atoms with E-state index in [-0.39, 0.29) is 18.0 Å². The Morgan fingerprint density at radius 2 is 1.97 bits per heavy atom. The molecule has 3 aliphatic rings. The molecule has 0 spiro atoms. The average Bonchev–Trinajstić information content (AvgIpc) is 2.87. The maximum atomic E-state index is 13.0. The molecule has 0 radical (unpaired) electrons. The third-order valence-electron chi connectivity index (χ3n) is 5.47. The summed E-state index contributed by atoms with van der Waals surface area (Å²) in [6.07, 6.45) is 2.93. The van der Waals surface area contributed by atoms with Gasteiger partial charge in [0.2, 0.25) is 5.37 Å². The van der Waals surface area contributed by atoms with Gasteiger partial charge in [0.1, 0.15) is 12.3 Å². The van der Waals surface area contributed by atoms with Crippen LogP contribution in [0, 0.1) is 10.1 Å².